The summed E-state index contributed by atoms with van der Waals surface area (Å²) >= 11 is 0. The van der Waals surface area contributed by atoms with Gasteiger partial charge in [0.05, 0.1) is 31.8 Å². The van der Waals surface area contributed by atoms with Crippen molar-refractivity contribution in [2.24, 2.45) is 5.29 Å². The van der Waals surface area contributed by atoms with Crippen molar-refractivity contribution in [2.45, 2.75) is 12.1 Å². The Bertz CT molecular complexity index is 465. The second-order valence-corrected chi connectivity index (χ2v) is 3.89. The lowest BCUT2D eigenvalue weighted by atomic mass is 10.1. The van der Waals surface area contributed by atoms with Crippen LogP contribution in [0.1, 0.15) is 11.7 Å². The van der Waals surface area contributed by atoms with Gasteiger partial charge in [-0.1, -0.05) is 0 Å². The van der Waals surface area contributed by atoms with E-state index >= 15 is 0 Å². The topological polar surface area (TPSA) is 91.6 Å². The molecule has 7 nitrogen and oxygen atoms in total. The van der Waals surface area contributed by atoms with Gasteiger partial charge < -0.3 is 19.7 Å². The van der Waals surface area contributed by atoms with Crippen molar-refractivity contribution in [1.29, 1.82) is 0 Å². The van der Waals surface area contributed by atoms with E-state index in [1.54, 1.807) is 12.1 Å². The van der Waals surface area contributed by atoms with Crippen LogP contribution in [0.4, 0.5) is 5.69 Å². The Balaban J connectivity index is 2.56. The molecule has 0 amide bonds. The maximum atomic E-state index is 10.8. The number of benzene rings is 1. The second-order valence-electron chi connectivity index (χ2n) is 3.89. The van der Waals surface area contributed by atoms with Crippen LogP contribution in [-0.4, -0.2) is 37.1 Å². The molecule has 0 aliphatic carbocycles. The molecule has 1 aromatic rings. The SMILES string of the molecule is COc1cc2c(cc1OC)N(N=O)C(CO)C2O. The largest absolute Gasteiger partial charge is 0.493 e. The fraction of sp³-hybridized carbons (Fsp3) is 0.455. The van der Waals surface area contributed by atoms with Crippen molar-refractivity contribution in [3.05, 3.63) is 22.6 Å². The Kier molecular flexibility index (Phi) is 3.35. The molecule has 1 aliphatic rings. The zero-order valence-corrected chi connectivity index (χ0v) is 10.0. The van der Waals surface area contributed by atoms with Crippen molar-refractivity contribution in [3.63, 3.8) is 0 Å². The summed E-state index contributed by atoms with van der Waals surface area (Å²) in [6, 6.07) is 2.34. The summed E-state index contributed by atoms with van der Waals surface area (Å²) in [6.45, 7) is -0.383. The lowest BCUT2D eigenvalue weighted by Crippen LogP contribution is -2.32. The Hall–Kier alpha value is -1.86. The third-order valence-electron chi connectivity index (χ3n) is 3.05. The van der Waals surface area contributed by atoms with Gasteiger partial charge in [0.2, 0.25) is 0 Å². The highest BCUT2D eigenvalue weighted by molar-refractivity contribution is 5.66. The van der Waals surface area contributed by atoms with E-state index in [-0.39, 0.29) is 6.61 Å². The van der Waals surface area contributed by atoms with Gasteiger partial charge >= 0.3 is 0 Å². The van der Waals surface area contributed by atoms with E-state index in [2.05, 4.69) is 5.29 Å². The molecule has 0 saturated heterocycles. The number of anilines is 1. The smallest absolute Gasteiger partial charge is 0.162 e. The highest BCUT2D eigenvalue weighted by Crippen LogP contribution is 2.45. The van der Waals surface area contributed by atoms with Crippen molar-refractivity contribution in [2.75, 3.05) is 25.8 Å². The third kappa shape index (κ3) is 1.68. The molecule has 1 aromatic carbocycles. The number of methoxy groups -OCH3 is 2. The first kappa shape index (κ1) is 12.6. The fourth-order valence-corrected chi connectivity index (χ4v) is 2.12. The highest BCUT2D eigenvalue weighted by Gasteiger charge is 2.39. The minimum absolute atomic E-state index is 0.383. The van der Waals surface area contributed by atoms with Gasteiger partial charge in [0.1, 0.15) is 12.1 Å². The van der Waals surface area contributed by atoms with Crippen LogP contribution >= 0.6 is 0 Å². The molecule has 0 spiro atoms. The van der Waals surface area contributed by atoms with Gasteiger partial charge in [0.15, 0.2) is 11.5 Å². The van der Waals surface area contributed by atoms with E-state index in [0.29, 0.717) is 22.7 Å². The van der Waals surface area contributed by atoms with Crippen LogP contribution < -0.4 is 14.5 Å². The van der Waals surface area contributed by atoms with Crippen LogP contribution in [0.2, 0.25) is 0 Å². The van der Waals surface area contributed by atoms with E-state index in [1.165, 1.54) is 14.2 Å². The molecule has 0 bridgehead atoms. The number of nitroso groups, excluding NO2 is 1. The number of ether oxygens (including phenoxy) is 2. The quantitative estimate of drug-likeness (QED) is 0.764. The van der Waals surface area contributed by atoms with Gasteiger partial charge in [-0.05, 0) is 6.07 Å². The zero-order valence-electron chi connectivity index (χ0n) is 10.0. The van der Waals surface area contributed by atoms with E-state index in [4.69, 9.17) is 9.47 Å². The average molecular weight is 254 g/mol. The van der Waals surface area contributed by atoms with Crippen LogP contribution in [0, 0.1) is 4.91 Å². The summed E-state index contributed by atoms with van der Waals surface area (Å²) in [5.74, 6) is 0.871. The van der Waals surface area contributed by atoms with Crippen LogP contribution in [0.25, 0.3) is 0 Å². The molecule has 1 heterocycles. The van der Waals surface area contributed by atoms with E-state index in [1.807, 2.05) is 0 Å². The number of hydrogen-bond donors (Lipinski definition) is 2. The molecule has 1 aliphatic heterocycles. The highest BCUT2D eigenvalue weighted by atomic mass is 16.5. The van der Waals surface area contributed by atoms with Crippen molar-refractivity contribution in [1.82, 2.24) is 0 Å². The summed E-state index contributed by atoms with van der Waals surface area (Å²) in [5, 5.41) is 23.1. The predicted octanol–water partition coefficient (Wildman–Crippen LogP) is 0.599. The molecule has 2 rings (SSSR count). The van der Waals surface area contributed by atoms with Crippen molar-refractivity contribution < 1.29 is 19.7 Å². The van der Waals surface area contributed by atoms with Crippen LogP contribution in [0.3, 0.4) is 0 Å². The molecule has 2 N–H and O–H groups in total. The number of hydrogen-bond acceptors (Lipinski definition) is 6. The summed E-state index contributed by atoms with van der Waals surface area (Å²) in [4.78, 5) is 10.8. The Morgan fingerprint density at radius 2 is 1.94 bits per heavy atom. The first-order chi connectivity index (χ1) is 8.67. The van der Waals surface area contributed by atoms with E-state index < -0.39 is 12.1 Å². The molecule has 0 radical (unpaired) electrons. The third-order valence-corrected chi connectivity index (χ3v) is 3.05. The molecule has 0 saturated carbocycles. The molecular weight excluding hydrogens is 240 g/mol. The van der Waals surface area contributed by atoms with E-state index in [0.717, 1.165) is 5.01 Å². The van der Waals surface area contributed by atoms with Gasteiger partial charge in [0, 0.05) is 11.6 Å². The standard InChI is InChI=1S/C11H14N2O5/c1-17-9-3-6-7(4-10(9)18-2)13(12-16)8(5-14)11(6)15/h3-4,8,11,14-15H,5H2,1-2H3. The van der Waals surface area contributed by atoms with Crippen molar-refractivity contribution >= 4 is 5.69 Å². The lowest BCUT2D eigenvalue weighted by molar-refractivity contribution is 0.116. The second kappa shape index (κ2) is 4.79. The number of fused-ring (bicyclic) bond motifs is 1. The lowest BCUT2D eigenvalue weighted by Gasteiger charge is -2.18. The Labute approximate surface area is 103 Å². The molecule has 2 unspecified atom stereocenters. The van der Waals surface area contributed by atoms with Gasteiger partial charge in [-0.2, -0.15) is 0 Å². The fourth-order valence-electron chi connectivity index (χ4n) is 2.12. The average Bonchev–Trinajstić information content (AvgIpc) is 2.68. The summed E-state index contributed by atoms with van der Waals surface area (Å²) in [5.41, 5.74) is 0.889. The van der Waals surface area contributed by atoms with Crippen LogP contribution in [0.5, 0.6) is 11.5 Å². The summed E-state index contributed by atoms with van der Waals surface area (Å²) < 4.78 is 10.2. The van der Waals surface area contributed by atoms with Crippen LogP contribution in [0.15, 0.2) is 17.4 Å². The molecule has 0 aromatic heterocycles. The maximum Gasteiger partial charge on any atom is 0.162 e. The molecule has 2 atom stereocenters. The molecule has 7 heteroatoms. The monoisotopic (exact) mass is 254 g/mol. The molecule has 98 valence electrons. The zero-order chi connectivity index (χ0) is 13.3. The summed E-state index contributed by atoms with van der Waals surface area (Å²) in [7, 11) is 2.95. The maximum absolute atomic E-state index is 10.8. The number of rotatable bonds is 4. The normalized spacial score (nSPS) is 21.7. The van der Waals surface area contributed by atoms with Gasteiger partial charge in [-0.15, -0.1) is 4.91 Å². The van der Waals surface area contributed by atoms with Gasteiger partial charge in [-0.3, -0.25) is 0 Å². The minimum atomic E-state index is -0.998. The summed E-state index contributed by atoms with van der Waals surface area (Å²) in [6.07, 6.45) is -0.998. The first-order valence-electron chi connectivity index (χ1n) is 5.35. The number of aliphatic hydroxyl groups excluding tert-OH is 2. The van der Waals surface area contributed by atoms with E-state index in [9.17, 15) is 15.1 Å². The first-order valence-corrected chi connectivity index (χ1v) is 5.35. The molecular formula is C11H14N2O5. The van der Waals surface area contributed by atoms with Gasteiger partial charge in [0.25, 0.3) is 0 Å². The Morgan fingerprint density at radius 1 is 1.33 bits per heavy atom. The number of aliphatic hydroxyl groups is 2. The van der Waals surface area contributed by atoms with Crippen LogP contribution in [-0.2, 0) is 0 Å². The number of nitrogens with zero attached hydrogens (tertiary/aromatic N) is 2. The Morgan fingerprint density at radius 3 is 2.44 bits per heavy atom. The predicted molar refractivity (Wildman–Crippen MR) is 63.7 cm³/mol. The van der Waals surface area contributed by atoms with Gasteiger partial charge in [-0.25, -0.2) is 5.01 Å². The molecule has 0 fully saturated rings. The molecule has 18 heavy (non-hydrogen) atoms. The van der Waals surface area contributed by atoms with Crippen molar-refractivity contribution in [3.8, 4) is 11.5 Å². The minimum Gasteiger partial charge on any atom is -0.493 e.